The fraction of sp³-hybridized carbons (Fsp3) is 0.214. The van der Waals surface area contributed by atoms with Crippen LogP contribution in [0.1, 0.15) is 19.2 Å². The molecule has 0 radical (unpaired) electrons. The minimum absolute atomic E-state index is 0.00384. The lowest BCUT2D eigenvalue weighted by molar-refractivity contribution is 0.0656. The first-order chi connectivity index (χ1) is 10.6. The zero-order chi connectivity index (χ0) is 15.7. The zero-order valence-electron chi connectivity index (χ0n) is 11.5. The van der Waals surface area contributed by atoms with Crippen molar-refractivity contribution in [1.29, 1.82) is 0 Å². The molecule has 3 aromatic rings. The van der Waals surface area contributed by atoms with Crippen LogP contribution in [0.2, 0.25) is 0 Å². The maximum atomic E-state index is 14.2. The Hall–Kier alpha value is -2.09. The molecule has 1 aromatic carbocycles. The summed E-state index contributed by atoms with van der Waals surface area (Å²) in [5, 5.41) is -0.0140. The third kappa shape index (κ3) is 2.54. The van der Waals surface area contributed by atoms with Crippen LogP contribution in [0.3, 0.4) is 0 Å². The van der Waals surface area contributed by atoms with E-state index in [2.05, 4.69) is 15.0 Å². The highest BCUT2D eigenvalue weighted by Gasteiger charge is 2.21. The van der Waals surface area contributed by atoms with Crippen molar-refractivity contribution < 1.29 is 13.2 Å². The number of hydrogen-bond acceptors (Lipinski definition) is 4. The van der Waals surface area contributed by atoms with E-state index < -0.39 is 12.4 Å². The van der Waals surface area contributed by atoms with Crippen LogP contribution in [0.15, 0.2) is 40.8 Å². The Balaban J connectivity index is 2.09. The molecule has 0 atom stereocenters. The summed E-state index contributed by atoms with van der Waals surface area (Å²) in [6.07, 6.45) is 1.62. The molecule has 114 valence electrons. The van der Waals surface area contributed by atoms with Gasteiger partial charge in [0.05, 0.1) is 16.7 Å². The van der Waals surface area contributed by atoms with Crippen LogP contribution in [-0.4, -0.2) is 19.5 Å². The summed E-state index contributed by atoms with van der Waals surface area (Å²) in [7, 11) is 0. The standard InChI is InChI=1S/C14H11F3N4S/c1-2-8-11(15)12(19-7-18-8)22-14-20-9-5-3-4-6-10(9)21(14)13(16)17/h3-7,13H,2H2,1H3. The topological polar surface area (TPSA) is 43.6 Å². The molecule has 0 saturated heterocycles. The molecule has 4 nitrogen and oxygen atoms in total. The van der Waals surface area contributed by atoms with Crippen LogP contribution in [0.4, 0.5) is 13.2 Å². The molecule has 8 heteroatoms. The Morgan fingerprint density at radius 3 is 2.73 bits per heavy atom. The molecular formula is C14H11F3N4S. The van der Waals surface area contributed by atoms with Gasteiger partial charge in [-0.2, -0.15) is 8.78 Å². The first-order valence-corrected chi connectivity index (χ1v) is 7.35. The Bertz CT molecular complexity index is 819. The summed E-state index contributed by atoms with van der Waals surface area (Å²) in [5.74, 6) is -0.595. The Labute approximate surface area is 128 Å². The normalized spacial score (nSPS) is 11.5. The van der Waals surface area contributed by atoms with Crippen LogP contribution in [0.25, 0.3) is 11.0 Å². The Morgan fingerprint density at radius 1 is 1.23 bits per heavy atom. The van der Waals surface area contributed by atoms with Crippen molar-refractivity contribution in [1.82, 2.24) is 19.5 Å². The van der Waals surface area contributed by atoms with Crippen LogP contribution >= 0.6 is 11.8 Å². The van der Waals surface area contributed by atoms with Gasteiger partial charge in [-0.15, -0.1) is 0 Å². The first kappa shape index (κ1) is 14.8. The second kappa shape index (κ2) is 5.96. The van der Waals surface area contributed by atoms with E-state index in [-0.39, 0.29) is 15.9 Å². The highest BCUT2D eigenvalue weighted by atomic mass is 32.2. The fourth-order valence-electron chi connectivity index (χ4n) is 2.07. The molecule has 0 N–H and O–H groups in total. The van der Waals surface area contributed by atoms with Gasteiger partial charge in [0, 0.05) is 0 Å². The number of fused-ring (bicyclic) bond motifs is 1. The molecule has 0 aliphatic rings. The van der Waals surface area contributed by atoms with Crippen LogP contribution < -0.4 is 0 Å². The zero-order valence-corrected chi connectivity index (χ0v) is 12.3. The lowest BCUT2D eigenvalue weighted by Gasteiger charge is -2.08. The van der Waals surface area contributed by atoms with Crippen LogP contribution in [0.5, 0.6) is 0 Å². The predicted molar refractivity (Wildman–Crippen MR) is 76.5 cm³/mol. The molecule has 3 rings (SSSR count). The summed E-state index contributed by atoms with van der Waals surface area (Å²) in [6, 6.07) is 6.54. The van der Waals surface area contributed by atoms with Gasteiger partial charge >= 0.3 is 6.55 Å². The van der Waals surface area contributed by atoms with E-state index in [0.29, 0.717) is 17.5 Å². The smallest absolute Gasteiger partial charge is 0.261 e. The van der Waals surface area contributed by atoms with Gasteiger partial charge in [-0.25, -0.2) is 19.3 Å². The van der Waals surface area contributed by atoms with E-state index in [4.69, 9.17) is 0 Å². The van der Waals surface area contributed by atoms with E-state index in [1.54, 1.807) is 31.2 Å². The Kier molecular flexibility index (Phi) is 4.02. The van der Waals surface area contributed by atoms with E-state index in [0.717, 1.165) is 16.3 Å². The molecule has 0 aliphatic carbocycles. The maximum Gasteiger partial charge on any atom is 0.321 e. The van der Waals surface area contributed by atoms with E-state index in [1.165, 1.54) is 6.33 Å². The Morgan fingerprint density at radius 2 is 2.00 bits per heavy atom. The van der Waals surface area contributed by atoms with Crippen molar-refractivity contribution in [3.05, 3.63) is 42.1 Å². The van der Waals surface area contributed by atoms with Crippen molar-refractivity contribution in [2.75, 3.05) is 0 Å². The molecule has 22 heavy (non-hydrogen) atoms. The molecule has 0 amide bonds. The summed E-state index contributed by atoms with van der Waals surface area (Å²) >= 11 is 0.770. The van der Waals surface area contributed by atoms with Gasteiger partial charge in [-0.05, 0) is 30.3 Å². The minimum Gasteiger partial charge on any atom is -0.261 e. The predicted octanol–water partition coefficient (Wildman–Crippen LogP) is 4.07. The molecular weight excluding hydrogens is 313 g/mol. The van der Waals surface area contributed by atoms with Crippen molar-refractivity contribution in [3.8, 4) is 0 Å². The van der Waals surface area contributed by atoms with Crippen molar-refractivity contribution >= 4 is 22.8 Å². The van der Waals surface area contributed by atoms with E-state index in [9.17, 15) is 13.2 Å². The number of benzene rings is 1. The van der Waals surface area contributed by atoms with Crippen molar-refractivity contribution in [3.63, 3.8) is 0 Å². The quantitative estimate of drug-likeness (QED) is 0.679. The number of nitrogens with zero attached hydrogens (tertiary/aromatic N) is 4. The largest absolute Gasteiger partial charge is 0.321 e. The number of alkyl halides is 2. The van der Waals surface area contributed by atoms with Crippen LogP contribution in [-0.2, 0) is 6.42 Å². The van der Waals surface area contributed by atoms with Gasteiger partial charge in [-0.3, -0.25) is 4.57 Å². The molecule has 0 spiro atoms. The third-order valence-electron chi connectivity index (χ3n) is 3.11. The highest BCUT2D eigenvalue weighted by Crippen LogP contribution is 2.33. The number of rotatable bonds is 4. The number of aromatic nitrogens is 4. The lowest BCUT2D eigenvalue weighted by Crippen LogP contribution is -2.02. The van der Waals surface area contributed by atoms with Gasteiger partial charge in [0.25, 0.3) is 0 Å². The second-order valence-corrected chi connectivity index (χ2v) is 5.38. The molecule has 0 bridgehead atoms. The van der Waals surface area contributed by atoms with Crippen molar-refractivity contribution in [2.24, 2.45) is 0 Å². The number of imidazole rings is 1. The SMILES string of the molecule is CCc1ncnc(Sc2nc3ccccc3n2C(F)F)c1F. The van der Waals surface area contributed by atoms with Gasteiger partial charge < -0.3 is 0 Å². The van der Waals surface area contributed by atoms with Gasteiger partial charge in [-0.1, -0.05) is 19.1 Å². The minimum atomic E-state index is -2.77. The molecule has 0 fully saturated rings. The second-order valence-electron chi connectivity index (χ2n) is 4.43. The summed E-state index contributed by atoms with van der Waals surface area (Å²) < 4.78 is 41.6. The number of hydrogen-bond donors (Lipinski definition) is 0. The average molecular weight is 324 g/mol. The first-order valence-electron chi connectivity index (χ1n) is 6.54. The fourth-order valence-corrected chi connectivity index (χ4v) is 2.98. The van der Waals surface area contributed by atoms with E-state index in [1.807, 2.05) is 0 Å². The van der Waals surface area contributed by atoms with Gasteiger partial charge in [0.1, 0.15) is 11.4 Å². The van der Waals surface area contributed by atoms with E-state index >= 15 is 0 Å². The summed E-state index contributed by atoms with van der Waals surface area (Å²) in [4.78, 5) is 11.8. The molecule has 0 unspecified atom stereocenters. The summed E-state index contributed by atoms with van der Waals surface area (Å²) in [6.45, 7) is -1.01. The molecule has 0 saturated carbocycles. The molecule has 2 heterocycles. The third-order valence-corrected chi connectivity index (χ3v) is 4.06. The van der Waals surface area contributed by atoms with Crippen LogP contribution in [0, 0.1) is 5.82 Å². The monoisotopic (exact) mass is 324 g/mol. The number of halogens is 3. The highest BCUT2D eigenvalue weighted by molar-refractivity contribution is 7.99. The average Bonchev–Trinajstić information content (AvgIpc) is 2.87. The van der Waals surface area contributed by atoms with Gasteiger partial charge in [0.2, 0.25) is 0 Å². The van der Waals surface area contributed by atoms with Crippen molar-refractivity contribution in [2.45, 2.75) is 30.1 Å². The maximum absolute atomic E-state index is 14.2. The summed E-state index contributed by atoms with van der Waals surface area (Å²) in [5.41, 5.74) is 0.970. The molecule has 0 aliphatic heterocycles. The number of aryl methyl sites for hydroxylation is 1. The molecule has 2 aromatic heterocycles. The van der Waals surface area contributed by atoms with Gasteiger partial charge in [0.15, 0.2) is 11.0 Å². The lowest BCUT2D eigenvalue weighted by atomic mass is 10.3. The number of para-hydroxylation sites is 2.